The zero-order valence-corrected chi connectivity index (χ0v) is 44.9. The van der Waals surface area contributed by atoms with E-state index in [4.69, 9.17) is 4.42 Å². The van der Waals surface area contributed by atoms with Crippen molar-refractivity contribution in [2.75, 3.05) is 0 Å². The van der Waals surface area contributed by atoms with E-state index in [0.717, 1.165) is 21.9 Å². The molecular formula is C46H49B21O. The summed E-state index contributed by atoms with van der Waals surface area (Å²) in [4.78, 5) is 0. The molecule has 0 atom stereocenters. The van der Waals surface area contributed by atoms with Crippen LogP contribution in [0.5, 0.6) is 0 Å². The highest BCUT2D eigenvalue weighted by atomic mass is 16.3. The minimum Gasteiger partial charge on any atom is -0.456 e. The van der Waals surface area contributed by atoms with Gasteiger partial charge in [-0.3, -0.25) is 0 Å². The Morgan fingerprint density at radius 2 is 0.515 bits per heavy atom. The minimum atomic E-state index is 0.929. The van der Waals surface area contributed by atoms with E-state index in [2.05, 4.69) is 207 Å². The smallest absolute Gasteiger partial charge is 0.140 e. The van der Waals surface area contributed by atoms with Crippen LogP contribution in [0.15, 0.2) is 46.9 Å². The monoisotopic (exact) mass is 849 g/mol. The number of hydrogen-bond acceptors (Lipinski definition) is 1. The van der Waals surface area contributed by atoms with Crippen LogP contribution in [0.4, 0.5) is 0 Å². The van der Waals surface area contributed by atoms with Crippen LogP contribution in [0.25, 0.3) is 98.4 Å². The van der Waals surface area contributed by atoms with Crippen molar-refractivity contribution in [1.82, 2.24) is 0 Å². The molecule has 0 saturated carbocycles. The van der Waals surface area contributed by atoms with Crippen molar-refractivity contribution in [1.29, 1.82) is 0 Å². The average Bonchev–Trinajstić information content (AvgIpc) is 3.69. The zero-order chi connectivity index (χ0) is 49.2. The summed E-state index contributed by atoms with van der Waals surface area (Å²) in [6.07, 6.45) is 0. The maximum Gasteiger partial charge on any atom is 0.140 e. The first kappa shape index (κ1) is 46.9. The van der Waals surface area contributed by atoms with Crippen molar-refractivity contribution in [3.05, 3.63) is 42.5 Å². The zero-order valence-electron chi connectivity index (χ0n) is 44.9. The van der Waals surface area contributed by atoms with Gasteiger partial charge in [0.1, 0.15) is 176 Å². The number of hydrogen-bond donors (Lipinski definition) is 0. The standard InChI is InChI=1S/C46H49B21O/c47-26-19(33(54)34(55)21-20(26)35(56)36(57)22(27(21)48)23-28(49)24-25(38(59)37(23)58)40(61)46(67)45(66)39(24)60)14-17-15(29(50)41(62)43(64)31(17)52)13(16-18(14)32(53)44(65)42(63)30(16)51)8-5-6-12-10(7-8)9-3-1-2-4-11(9)68-12/h1-7H,47-67H2. The Labute approximate surface area is 422 Å². The molecule has 1 nitrogen and oxygen atoms in total. The Hall–Kier alpha value is -4.82. The Balaban J connectivity index is 1.39. The number of para-hydroxylation sites is 1. The molecular weight excluding hydrogens is 796 g/mol. The van der Waals surface area contributed by atoms with E-state index in [1.54, 1.807) is 0 Å². The molecule has 0 fully saturated rings. The third-order valence-corrected chi connectivity index (χ3v) is 18.7. The summed E-state index contributed by atoms with van der Waals surface area (Å²) in [6, 6.07) is 15.4. The first-order valence-electron chi connectivity index (χ1n) is 25.0. The summed E-state index contributed by atoms with van der Waals surface area (Å²) >= 11 is 0. The van der Waals surface area contributed by atoms with Gasteiger partial charge in [0.25, 0.3) is 0 Å². The van der Waals surface area contributed by atoms with Gasteiger partial charge in [0.2, 0.25) is 0 Å². The predicted molar refractivity (Wildman–Crippen MR) is 372 cm³/mol. The highest BCUT2D eigenvalue weighted by Gasteiger charge is 2.30. The Kier molecular flexibility index (Phi) is 11.1. The lowest BCUT2D eigenvalue weighted by molar-refractivity contribution is 0.669. The third kappa shape index (κ3) is 6.06. The fourth-order valence-electron chi connectivity index (χ4n) is 13.6. The van der Waals surface area contributed by atoms with Gasteiger partial charge in [-0.25, -0.2) is 0 Å². The molecule has 0 bridgehead atoms. The molecule has 10 rings (SSSR count). The lowest BCUT2D eigenvalue weighted by Crippen LogP contribution is -2.53. The van der Waals surface area contributed by atoms with Crippen molar-refractivity contribution in [2.24, 2.45) is 0 Å². The van der Waals surface area contributed by atoms with Crippen LogP contribution in [-0.4, -0.2) is 165 Å². The van der Waals surface area contributed by atoms with Gasteiger partial charge in [0.05, 0.1) is 0 Å². The molecule has 0 spiro atoms. The van der Waals surface area contributed by atoms with Crippen molar-refractivity contribution in [2.45, 2.75) is 0 Å². The Morgan fingerprint density at radius 3 is 0.912 bits per heavy atom. The lowest BCUT2D eigenvalue weighted by atomic mass is 9.55. The quantitative estimate of drug-likeness (QED) is 0.128. The highest BCUT2D eigenvalue weighted by Crippen LogP contribution is 2.42. The largest absolute Gasteiger partial charge is 0.456 e. The van der Waals surface area contributed by atoms with Gasteiger partial charge >= 0.3 is 0 Å². The van der Waals surface area contributed by atoms with Gasteiger partial charge in [0, 0.05) is 10.8 Å². The number of benzene rings is 9. The summed E-state index contributed by atoms with van der Waals surface area (Å²) in [7, 11) is 49.9. The minimum absolute atomic E-state index is 0.929. The number of rotatable bonds is 3. The van der Waals surface area contributed by atoms with Gasteiger partial charge in [0.15, 0.2) is 0 Å². The number of fused-ring (bicyclic) bond motifs is 7. The summed E-state index contributed by atoms with van der Waals surface area (Å²) in [6.45, 7) is 0. The Morgan fingerprint density at radius 1 is 0.221 bits per heavy atom. The first-order chi connectivity index (χ1) is 32.1. The van der Waals surface area contributed by atoms with E-state index < -0.39 is 0 Å². The lowest BCUT2D eigenvalue weighted by Gasteiger charge is -2.32. The second-order valence-corrected chi connectivity index (χ2v) is 21.3. The molecule has 0 aliphatic heterocycles. The summed E-state index contributed by atoms with van der Waals surface area (Å²) in [5, 5.41) is 13.5. The summed E-state index contributed by atoms with van der Waals surface area (Å²) in [5.41, 5.74) is 39.2. The first-order valence-corrected chi connectivity index (χ1v) is 25.0. The van der Waals surface area contributed by atoms with Gasteiger partial charge in [-0.2, -0.15) is 0 Å². The molecule has 0 saturated heterocycles. The van der Waals surface area contributed by atoms with E-state index >= 15 is 0 Å². The fraction of sp³-hybridized carbons (Fsp3) is 0. The van der Waals surface area contributed by atoms with Crippen LogP contribution in [-0.2, 0) is 0 Å². The Bertz CT molecular complexity index is 3960. The normalized spacial score (nSPS) is 11.9. The molecule has 0 unspecified atom stereocenters. The molecule has 10 aromatic rings. The molecule has 22 heteroatoms. The maximum atomic E-state index is 6.43. The van der Waals surface area contributed by atoms with E-state index in [1.807, 2.05) is 0 Å². The molecule has 1 heterocycles. The topological polar surface area (TPSA) is 13.1 Å². The van der Waals surface area contributed by atoms with Gasteiger partial charge in [-0.1, -0.05) is 106 Å². The van der Waals surface area contributed by atoms with Gasteiger partial charge in [-0.15, -0.1) is 32.8 Å². The second-order valence-electron chi connectivity index (χ2n) is 21.3. The van der Waals surface area contributed by atoms with Gasteiger partial charge in [-0.05, 0) is 94.7 Å². The highest BCUT2D eigenvalue weighted by molar-refractivity contribution is 6.76. The van der Waals surface area contributed by atoms with Crippen molar-refractivity contribution in [3.63, 3.8) is 0 Å². The molecule has 9 aromatic carbocycles. The van der Waals surface area contributed by atoms with Crippen molar-refractivity contribution >= 4 is 345 Å². The molecule has 302 valence electrons. The van der Waals surface area contributed by atoms with Crippen molar-refractivity contribution in [3.8, 4) is 33.4 Å². The van der Waals surface area contributed by atoms with E-state index in [1.165, 1.54) is 191 Å². The van der Waals surface area contributed by atoms with E-state index in [-0.39, 0.29) is 0 Å². The SMILES string of the molecule is Bc1c(B)c(B)c2c(B)c(-c3c(B)c(B)c4c(B)c(-c5c6c(B)c(B)c(B)c(B)c6c(-c6ccc7oc8ccccc8c7c6)c6c(B)c(B)c(B)c(B)c56)c(B)c(B)c4c3B)c(B)c(B)c2c1B. The maximum absolute atomic E-state index is 6.43. The van der Waals surface area contributed by atoms with Crippen LogP contribution >= 0.6 is 0 Å². The van der Waals surface area contributed by atoms with Crippen LogP contribution in [0, 0.1) is 0 Å². The van der Waals surface area contributed by atoms with Crippen LogP contribution in [0.2, 0.25) is 0 Å². The van der Waals surface area contributed by atoms with Crippen LogP contribution < -0.4 is 115 Å². The van der Waals surface area contributed by atoms with Crippen molar-refractivity contribution < 1.29 is 4.42 Å². The van der Waals surface area contributed by atoms with Crippen LogP contribution in [0.3, 0.4) is 0 Å². The fourth-order valence-corrected chi connectivity index (χ4v) is 13.6. The van der Waals surface area contributed by atoms with Crippen LogP contribution in [0.1, 0.15) is 0 Å². The molecule has 0 amide bonds. The molecule has 0 N–H and O–H groups in total. The second kappa shape index (κ2) is 16.1. The van der Waals surface area contributed by atoms with E-state index in [9.17, 15) is 0 Å². The summed E-state index contributed by atoms with van der Waals surface area (Å²) in [5.74, 6) is 0. The molecule has 0 radical (unpaired) electrons. The number of furan rings is 1. The predicted octanol–water partition coefficient (Wildman–Crippen LogP) is -23.4. The summed E-state index contributed by atoms with van der Waals surface area (Å²) < 4.78 is 6.43. The average molecular weight is 845 g/mol. The third-order valence-electron chi connectivity index (χ3n) is 18.7. The molecule has 0 aliphatic rings. The molecule has 0 aliphatic carbocycles. The van der Waals surface area contributed by atoms with E-state index in [0.29, 0.717) is 0 Å². The van der Waals surface area contributed by atoms with Gasteiger partial charge < -0.3 is 4.42 Å². The molecule has 68 heavy (non-hydrogen) atoms. The molecule has 1 aromatic heterocycles.